The lowest BCUT2D eigenvalue weighted by molar-refractivity contribution is 0.177. The monoisotopic (exact) mass is 182 g/mol. The zero-order valence-corrected chi connectivity index (χ0v) is 6.84. The Hall–Kier alpha value is -1.62. The molecule has 1 aromatic heterocycles. The molecule has 70 valence electrons. The Labute approximate surface area is 75.0 Å². The molecular formula is C8H10N2O3. The summed E-state index contributed by atoms with van der Waals surface area (Å²) in [6.45, 7) is -0.302. The van der Waals surface area contributed by atoms with Crippen LogP contribution < -0.4 is 5.32 Å². The van der Waals surface area contributed by atoms with Gasteiger partial charge < -0.3 is 15.5 Å². The minimum atomic E-state index is -1.18. The van der Waals surface area contributed by atoms with Gasteiger partial charge in [0.05, 0.1) is 18.3 Å². The molecule has 0 fully saturated rings. The first kappa shape index (κ1) is 9.47. The first-order chi connectivity index (χ1) is 6.24. The standard InChI is InChI=1S/C8H10N2O3/c11-5-7(10-8(12)13)6-3-1-2-4-9-6/h1-4,7,10-11H,5H2,(H,12,13). The highest BCUT2D eigenvalue weighted by Crippen LogP contribution is 2.07. The molecule has 0 bridgehead atoms. The van der Waals surface area contributed by atoms with Crippen LogP contribution in [0.1, 0.15) is 11.7 Å². The van der Waals surface area contributed by atoms with Crippen LogP contribution in [0, 0.1) is 0 Å². The number of hydrogen-bond donors (Lipinski definition) is 3. The molecule has 1 rings (SSSR count). The van der Waals surface area contributed by atoms with Crippen molar-refractivity contribution in [2.45, 2.75) is 6.04 Å². The van der Waals surface area contributed by atoms with Crippen LogP contribution in [0.25, 0.3) is 0 Å². The fourth-order valence-corrected chi connectivity index (χ4v) is 0.944. The molecule has 0 aliphatic carbocycles. The van der Waals surface area contributed by atoms with Gasteiger partial charge in [-0.1, -0.05) is 6.07 Å². The molecule has 1 atom stereocenters. The summed E-state index contributed by atoms with van der Waals surface area (Å²) < 4.78 is 0. The summed E-state index contributed by atoms with van der Waals surface area (Å²) in [4.78, 5) is 14.2. The van der Waals surface area contributed by atoms with Gasteiger partial charge in [-0.15, -0.1) is 0 Å². The molecule has 0 aliphatic rings. The summed E-state index contributed by atoms with van der Waals surface area (Å²) in [7, 11) is 0. The van der Waals surface area contributed by atoms with Crippen LogP contribution >= 0.6 is 0 Å². The van der Waals surface area contributed by atoms with Gasteiger partial charge in [-0.3, -0.25) is 4.98 Å². The second-order valence-electron chi connectivity index (χ2n) is 2.44. The van der Waals surface area contributed by atoms with Crippen LogP contribution in [0.3, 0.4) is 0 Å². The number of aliphatic hydroxyl groups excluding tert-OH is 1. The lowest BCUT2D eigenvalue weighted by Gasteiger charge is -2.12. The average molecular weight is 182 g/mol. The molecule has 5 nitrogen and oxygen atoms in total. The van der Waals surface area contributed by atoms with E-state index in [1.54, 1.807) is 24.4 Å². The van der Waals surface area contributed by atoms with Crippen molar-refractivity contribution in [3.8, 4) is 0 Å². The van der Waals surface area contributed by atoms with Gasteiger partial charge >= 0.3 is 6.09 Å². The number of pyridine rings is 1. The summed E-state index contributed by atoms with van der Waals surface area (Å²) in [6.07, 6.45) is 0.367. The van der Waals surface area contributed by atoms with E-state index in [1.807, 2.05) is 0 Å². The third kappa shape index (κ3) is 2.72. The Morgan fingerprint density at radius 1 is 1.62 bits per heavy atom. The lowest BCUT2D eigenvalue weighted by atomic mass is 10.2. The van der Waals surface area contributed by atoms with Gasteiger partial charge in [0.2, 0.25) is 0 Å². The second kappa shape index (κ2) is 4.42. The van der Waals surface area contributed by atoms with Crippen LogP contribution in [0.2, 0.25) is 0 Å². The molecular weight excluding hydrogens is 172 g/mol. The summed E-state index contributed by atoms with van der Waals surface area (Å²) >= 11 is 0. The molecule has 1 amide bonds. The van der Waals surface area contributed by atoms with Crippen LogP contribution in [-0.4, -0.2) is 27.9 Å². The van der Waals surface area contributed by atoms with Crippen LogP contribution in [0.15, 0.2) is 24.4 Å². The molecule has 3 N–H and O–H groups in total. The first-order valence-electron chi connectivity index (χ1n) is 3.75. The van der Waals surface area contributed by atoms with E-state index in [2.05, 4.69) is 10.3 Å². The molecule has 5 heteroatoms. The highest BCUT2D eigenvalue weighted by atomic mass is 16.4. The smallest absolute Gasteiger partial charge is 0.405 e. The summed E-state index contributed by atoms with van der Waals surface area (Å²) in [5.74, 6) is 0. The fourth-order valence-electron chi connectivity index (χ4n) is 0.944. The largest absolute Gasteiger partial charge is 0.465 e. The normalized spacial score (nSPS) is 12.1. The SMILES string of the molecule is O=C(O)NC(CO)c1ccccn1. The highest BCUT2D eigenvalue weighted by Gasteiger charge is 2.12. The van der Waals surface area contributed by atoms with Crippen molar-refractivity contribution < 1.29 is 15.0 Å². The van der Waals surface area contributed by atoms with Gasteiger partial charge in [0.1, 0.15) is 0 Å². The van der Waals surface area contributed by atoms with Gasteiger partial charge in [0.25, 0.3) is 0 Å². The predicted molar refractivity (Wildman–Crippen MR) is 45.2 cm³/mol. The van der Waals surface area contributed by atoms with Gasteiger partial charge in [0, 0.05) is 6.20 Å². The topological polar surface area (TPSA) is 82.5 Å². The predicted octanol–water partition coefficient (Wildman–Crippen LogP) is 0.383. The Balaban J connectivity index is 2.73. The number of aliphatic hydroxyl groups is 1. The average Bonchev–Trinajstić information content (AvgIpc) is 2.15. The molecule has 1 aromatic rings. The van der Waals surface area contributed by atoms with Gasteiger partial charge in [0.15, 0.2) is 0 Å². The number of rotatable bonds is 3. The van der Waals surface area contributed by atoms with Crippen molar-refractivity contribution in [3.63, 3.8) is 0 Å². The van der Waals surface area contributed by atoms with Crippen molar-refractivity contribution >= 4 is 6.09 Å². The number of amides is 1. The van der Waals surface area contributed by atoms with E-state index in [9.17, 15) is 4.79 Å². The number of aromatic nitrogens is 1. The van der Waals surface area contributed by atoms with E-state index in [-0.39, 0.29) is 6.61 Å². The summed E-state index contributed by atoms with van der Waals surface area (Å²) in [5, 5.41) is 19.4. The fraction of sp³-hybridized carbons (Fsp3) is 0.250. The van der Waals surface area contributed by atoms with Crippen molar-refractivity contribution in [3.05, 3.63) is 30.1 Å². The Morgan fingerprint density at radius 2 is 2.38 bits per heavy atom. The number of nitrogens with one attached hydrogen (secondary N) is 1. The van der Waals surface area contributed by atoms with Crippen LogP contribution in [-0.2, 0) is 0 Å². The van der Waals surface area contributed by atoms with Crippen LogP contribution in [0.5, 0.6) is 0 Å². The Kier molecular flexibility index (Phi) is 3.22. The van der Waals surface area contributed by atoms with Crippen molar-refractivity contribution in [2.24, 2.45) is 0 Å². The van der Waals surface area contributed by atoms with Crippen LogP contribution in [0.4, 0.5) is 4.79 Å². The Morgan fingerprint density at radius 3 is 2.85 bits per heavy atom. The van der Waals surface area contributed by atoms with Gasteiger partial charge in [-0.2, -0.15) is 0 Å². The van der Waals surface area contributed by atoms with E-state index < -0.39 is 12.1 Å². The second-order valence-corrected chi connectivity index (χ2v) is 2.44. The number of hydrogen-bond acceptors (Lipinski definition) is 3. The first-order valence-corrected chi connectivity index (χ1v) is 3.75. The van der Waals surface area contributed by atoms with Gasteiger partial charge in [-0.25, -0.2) is 4.79 Å². The molecule has 0 spiro atoms. The summed E-state index contributed by atoms with van der Waals surface area (Å²) in [5.41, 5.74) is 0.507. The third-order valence-corrected chi connectivity index (χ3v) is 1.53. The van der Waals surface area contributed by atoms with Crippen molar-refractivity contribution in [2.75, 3.05) is 6.61 Å². The van der Waals surface area contributed by atoms with E-state index in [4.69, 9.17) is 10.2 Å². The number of carboxylic acid groups (broad SMARTS) is 1. The van der Waals surface area contributed by atoms with E-state index >= 15 is 0 Å². The van der Waals surface area contributed by atoms with E-state index in [0.717, 1.165) is 0 Å². The molecule has 1 unspecified atom stereocenters. The van der Waals surface area contributed by atoms with E-state index in [0.29, 0.717) is 5.69 Å². The third-order valence-electron chi connectivity index (χ3n) is 1.53. The molecule has 0 saturated heterocycles. The minimum Gasteiger partial charge on any atom is -0.465 e. The van der Waals surface area contributed by atoms with Gasteiger partial charge in [-0.05, 0) is 12.1 Å². The van der Waals surface area contributed by atoms with Crippen molar-refractivity contribution in [1.29, 1.82) is 0 Å². The maximum absolute atomic E-state index is 10.3. The summed E-state index contributed by atoms with van der Waals surface area (Å²) in [6, 6.07) is 4.45. The lowest BCUT2D eigenvalue weighted by Crippen LogP contribution is -2.29. The number of nitrogens with zero attached hydrogens (tertiary/aromatic N) is 1. The number of carbonyl (C=O) groups is 1. The highest BCUT2D eigenvalue weighted by molar-refractivity contribution is 5.65. The molecule has 0 radical (unpaired) electrons. The maximum Gasteiger partial charge on any atom is 0.405 e. The zero-order chi connectivity index (χ0) is 9.68. The molecule has 0 aromatic carbocycles. The molecule has 13 heavy (non-hydrogen) atoms. The maximum atomic E-state index is 10.3. The van der Waals surface area contributed by atoms with Crippen molar-refractivity contribution in [1.82, 2.24) is 10.3 Å². The Bertz CT molecular complexity index is 276. The minimum absolute atomic E-state index is 0.302. The van der Waals surface area contributed by atoms with E-state index in [1.165, 1.54) is 0 Å². The molecule has 0 aliphatic heterocycles. The zero-order valence-electron chi connectivity index (χ0n) is 6.84. The molecule has 0 saturated carbocycles. The molecule has 1 heterocycles. The quantitative estimate of drug-likeness (QED) is 0.631.